The Balaban J connectivity index is 2.78. The van der Waals surface area contributed by atoms with Crippen molar-refractivity contribution in [3.8, 4) is 0 Å². The lowest BCUT2D eigenvalue weighted by atomic mass is 10.2. The number of nitrogens with one attached hydrogen (secondary N) is 1. The summed E-state index contributed by atoms with van der Waals surface area (Å²) >= 11 is 1.66. The van der Waals surface area contributed by atoms with Crippen LogP contribution in [0.1, 0.15) is 17.3 Å². The first-order valence-electron chi connectivity index (χ1n) is 4.41. The van der Waals surface area contributed by atoms with Crippen molar-refractivity contribution in [2.45, 2.75) is 12.8 Å². The molecule has 0 heterocycles. The summed E-state index contributed by atoms with van der Waals surface area (Å²) in [7, 11) is 0. The van der Waals surface area contributed by atoms with Crippen molar-refractivity contribution in [2.24, 2.45) is 0 Å². The van der Waals surface area contributed by atoms with E-state index in [0.29, 0.717) is 6.92 Å². The molecule has 2 nitrogen and oxygen atoms in total. The van der Waals surface area contributed by atoms with Gasteiger partial charge in [0.25, 0.3) is 11.8 Å². The van der Waals surface area contributed by atoms with Crippen molar-refractivity contribution >= 4 is 28.5 Å². The van der Waals surface area contributed by atoms with Gasteiger partial charge in [-0.15, -0.1) is 0 Å². The Morgan fingerprint density at radius 2 is 2.12 bits per heavy atom. The van der Waals surface area contributed by atoms with E-state index in [1.54, 1.807) is 22.6 Å². The second kappa shape index (κ2) is 5.03. The Kier molecular flexibility index (Phi) is 4.17. The zero-order valence-corrected chi connectivity index (χ0v) is 10.5. The van der Waals surface area contributed by atoms with Gasteiger partial charge in [-0.1, -0.05) is 6.07 Å². The summed E-state index contributed by atoms with van der Waals surface area (Å²) in [4.78, 5) is 11.4. The third-order valence-electron chi connectivity index (χ3n) is 1.76. The molecular weight excluding hydrogens is 334 g/mol. The largest absolute Gasteiger partial charge is 0.346 e. The van der Waals surface area contributed by atoms with Gasteiger partial charge < -0.3 is 5.32 Å². The van der Waals surface area contributed by atoms with Crippen LogP contribution in [-0.2, 0) is 0 Å². The van der Waals surface area contributed by atoms with E-state index in [1.165, 1.54) is 18.2 Å². The molecule has 0 radical (unpaired) electrons. The summed E-state index contributed by atoms with van der Waals surface area (Å²) in [6.07, 6.45) is 0. The molecular formula is C10H9F3INO. The van der Waals surface area contributed by atoms with Gasteiger partial charge in [0.2, 0.25) is 0 Å². The van der Waals surface area contributed by atoms with Gasteiger partial charge in [0.1, 0.15) is 5.82 Å². The zero-order valence-electron chi connectivity index (χ0n) is 8.36. The zero-order chi connectivity index (χ0) is 12.3. The minimum atomic E-state index is -2.98. The number of halogens is 4. The fourth-order valence-electron chi connectivity index (χ4n) is 1.01. The number of rotatable bonds is 3. The highest BCUT2D eigenvalue weighted by Crippen LogP contribution is 2.16. The van der Waals surface area contributed by atoms with Crippen LogP contribution in [0.15, 0.2) is 18.2 Å². The van der Waals surface area contributed by atoms with Gasteiger partial charge in [0.15, 0.2) is 0 Å². The van der Waals surface area contributed by atoms with Crippen molar-refractivity contribution in [3.63, 3.8) is 0 Å². The summed E-state index contributed by atoms with van der Waals surface area (Å²) < 4.78 is 38.2. The van der Waals surface area contributed by atoms with E-state index in [4.69, 9.17) is 0 Å². The molecule has 1 rings (SSSR count). The molecule has 0 unspecified atom stereocenters. The summed E-state index contributed by atoms with van der Waals surface area (Å²) in [5, 5.41) is 2.05. The van der Waals surface area contributed by atoms with E-state index in [9.17, 15) is 18.0 Å². The molecule has 6 heteroatoms. The first-order valence-corrected chi connectivity index (χ1v) is 5.49. The predicted octanol–water partition coefficient (Wildman–Crippen LogP) is 2.82. The first-order chi connectivity index (χ1) is 7.31. The second-order valence-electron chi connectivity index (χ2n) is 3.35. The van der Waals surface area contributed by atoms with Crippen LogP contribution < -0.4 is 5.32 Å². The molecule has 0 atom stereocenters. The molecule has 16 heavy (non-hydrogen) atoms. The number of amides is 1. The highest BCUT2D eigenvalue weighted by atomic mass is 127. The summed E-state index contributed by atoms with van der Waals surface area (Å²) in [6, 6.07) is 3.94. The number of carbonyl (C=O) groups excluding carboxylic acids is 1. The molecule has 1 aromatic rings. The summed E-state index contributed by atoms with van der Waals surface area (Å²) in [5.74, 6) is -4.23. The smallest absolute Gasteiger partial charge is 0.262 e. The third-order valence-corrected chi connectivity index (χ3v) is 2.85. The standard InChI is InChI=1S/C10H9F3INO/c1-10(12,13)5-15-9(16)6-3-2-4-7(11)8(6)14/h2-4H,5H2,1H3,(H,15,16). The quantitative estimate of drug-likeness (QED) is 0.841. The maximum atomic E-state index is 13.1. The number of hydrogen-bond donors (Lipinski definition) is 1. The van der Waals surface area contributed by atoms with Crippen molar-refractivity contribution in [3.05, 3.63) is 33.1 Å². The van der Waals surface area contributed by atoms with Crippen LogP contribution in [0.25, 0.3) is 0 Å². The minimum Gasteiger partial charge on any atom is -0.346 e. The van der Waals surface area contributed by atoms with Crippen LogP contribution in [-0.4, -0.2) is 18.4 Å². The van der Waals surface area contributed by atoms with Gasteiger partial charge in [-0.05, 0) is 34.7 Å². The monoisotopic (exact) mass is 343 g/mol. The Hall–Kier alpha value is -0.790. The number of hydrogen-bond acceptors (Lipinski definition) is 1. The summed E-state index contributed by atoms with van der Waals surface area (Å²) in [5.41, 5.74) is 0.0600. The van der Waals surface area contributed by atoms with Gasteiger partial charge in [0.05, 0.1) is 15.7 Å². The van der Waals surface area contributed by atoms with Crippen LogP contribution in [0.5, 0.6) is 0 Å². The fourth-order valence-corrected chi connectivity index (χ4v) is 1.61. The van der Waals surface area contributed by atoms with Crippen molar-refractivity contribution in [1.82, 2.24) is 5.32 Å². The topological polar surface area (TPSA) is 29.1 Å². The van der Waals surface area contributed by atoms with Crippen molar-refractivity contribution < 1.29 is 18.0 Å². The Morgan fingerprint density at radius 3 is 2.69 bits per heavy atom. The Bertz CT molecular complexity index is 404. The Labute approximate surface area is 104 Å². The Morgan fingerprint density at radius 1 is 1.50 bits per heavy atom. The van der Waals surface area contributed by atoms with Crippen LogP contribution in [0, 0.1) is 9.39 Å². The molecule has 0 saturated carbocycles. The lowest BCUT2D eigenvalue weighted by molar-refractivity contribution is 0.0221. The van der Waals surface area contributed by atoms with E-state index in [1.807, 2.05) is 5.32 Å². The molecule has 0 aliphatic heterocycles. The second-order valence-corrected chi connectivity index (χ2v) is 4.43. The number of benzene rings is 1. The van der Waals surface area contributed by atoms with E-state index in [0.717, 1.165) is 0 Å². The van der Waals surface area contributed by atoms with E-state index >= 15 is 0 Å². The van der Waals surface area contributed by atoms with E-state index < -0.39 is 24.2 Å². The predicted molar refractivity (Wildman–Crippen MR) is 62.1 cm³/mol. The van der Waals surface area contributed by atoms with Crippen LogP contribution in [0.4, 0.5) is 13.2 Å². The minimum absolute atomic E-state index is 0.0600. The van der Waals surface area contributed by atoms with Crippen molar-refractivity contribution in [2.75, 3.05) is 6.54 Å². The molecule has 1 N–H and O–H groups in total. The number of alkyl halides is 2. The fraction of sp³-hybridized carbons (Fsp3) is 0.300. The lowest BCUT2D eigenvalue weighted by Crippen LogP contribution is -2.34. The molecule has 0 spiro atoms. The van der Waals surface area contributed by atoms with Gasteiger partial charge in [-0.2, -0.15) is 0 Å². The molecule has 0 aliphatic rings. The van der Waals surface area contributed by atoms with Gasteiger partial charge in [0, 0.05) is 6.92 Å². The molecule has 1 amide bonds. The average Bonchev–Trinajstić information content (AvgIpc) is 2.17. The molecule has 1 aromatic carbocycles. The van der Waals surface area contributed by atoms with Crippen molar-refractivity contribution in [1.29, 1.82) is 0 Å². The van der Waals surface area contributed by atoms with E-state index in [-0.39, 0.29) is 9.13 Å². The highest BCUT2D eigenvalue weighted by Gasteiger charge is 2.23. The highest BCUT2D eigenvalue weighted by molar-refractivity contribution is 14.1. The van der Waals surface area contributed by atoms with Crippen LogP contribution in [0.2, 0.25) is 0 Å². The first kappa shape index (κ1) is 13.3. The molecule has 88 valence electrons. The molecule has 0 bridgehead atoms. The lowest BCUT2D eigenvalue weighted by Gasteiger charge is -2.12. The van der Waals surface area contributed by atoms with Crippen LogP contribution >= 0.6 is 22.6 Å². The van der Waals surface area contributed by atoms with Gasteiger partial charge >= 0.3 is 0 Å². The molecule has 0 saturated heterocycles. The molecule has 0 aromatic heterocycles. The number of carbonyl (C=O) groups is 1. The molecule has 0 fully saturated rings. The normalized spacial score (nSPS) is 11.3. The SMILES string of the molecule is CC(F)(F)CNC(=O)c1cccc(F)c1I. The summed E-state index contributed by atoms with van der Waals surface area (Å²) in [6.45, 7) is -0.0672. The van der Waals surface area contributed by atoms with Crippen LogP contribution in [0.3, 0.4) is 0 Å². The third kappa shape index (κ3) is 3.66. The van der Waals surface area contributed by atoms with E-state index in [2.05, 4.69) is 0 Å². The van der Waals surface area contributed by atoms with Gasteiger partial charge in [-0.3, -0.25) is 4.79 Å². The molecule has 0 aliphatic carbocycles. The average molecular weight is 343 g/mol. The maximum Gasteiger partial charge on any atom is 0.262 e. The maximum absolute atomic E-state index is 13.1. The van der Waals surface area contributed by atoms with Gasteiger partial charge in [-0.25, -0.2) is 13.2 Å².